The van der Waals surface area contributed by atoms with Gasteiger partial charge in [-0.05, 0) is 29.8 Å². The average Bonchev–Trinajstić information content (AvgIpc) is 2.72. The molecule has 0 fully saturated rings. The predicted octanol–water partition coefficient (Wildman–Crippen LogP) is 3.94. The van der Waals surface area contributed by atoms with Gasteiger partial charge in [0.1, 0.15) is 11.3 Å². The standard InChI is InChI=1S/C20H14F3N3O3/c21-20(22,23)17(27)14-7-5-13(6-8-14)11-26-18(28)16-4-2-10-25-19(16)29-15-3-1-9-24-12-15/h1-10,12H,11H2,(H,26,28). The van der Waals surface area contributed by atoms with Gasteiger partial charge in [0, 0.05) is 24.5 Å². The van der Waals surface area contributed by atoms with E-state index >= 15 is 0 Å². The number of hydrogen-bond acceptors (Lipinski definition) is 5. The lowest BCUT2D eigenvalue weighted by Crippen LogP contribution is -2.24. The fourth-order valence-corrected chi connectivity index (χ4v) is 2.38. The Morgan fingerprint density at radius 2 is 1.72 bits per heavy atom. The molecule has 6 nitrogen and oxygen atoms in total. The second-order valence-electron chi connectivity index (χ2n) is 5.85. The van der Waals surface area contributed by atoms with Gasteiger partial charge in [-0.15, -0.1) is 0 Å². The first kappa shape index (κ1) is 20.0. The van der Waals surface area contributed by atoms with Crippen LogP contribution in [0.25, 0.3) is 0 Å². The smallest absolute Gasteiger partial charge is 0.437 e. The zero-order valence-electron chi connectivity index (χ0n) is 14.8. The molecule has 1 aromatic carbocycles. The molecule has 0 radical (unpaired) electrons. The first-order valence-corrected chi connectivity index (χ1v) is 8.36. The molecule has 1 N–H and O–H groups in total. The highest BCUT2D eigenvalue weighted by Gasteiger charge is 2.39. The Morgan fingerprint density at radius 3 is 2.38 bits per heavy atom. The number of alkyl halides is 3. The number of ether oxygens (including phenoxy) is 1. The minimum atomic E-state index is -4.93. The highest BCUT2D eigenvalue weighted by atomic mass is 19.4. The highest BCUT2D eigenvalue weighted by molar-refractivity contribution is 6.00. The van der Waals surface area contributed by atoms with Gasteiger partial charge in [0.25, 0.3) is 11.7 Å². The van der Waals surface area contributed by atoms with Crippen LogP contribution in [0.1, 0.15) is 26.3 Å². The monoisotopic (exact) mass is 401 g/mol. The number of benzene rings is 1. The number of rotatable bonds is 6. The Kier molecular flexibility index (Phi) is 5.87. The molecule has 148 valence electrons. The van der Waals surface area contributed by atoms with Gasteiger partial charge in [0.05, 0.1) is 6.20 Å². The Balaban J connectivity index is 1.66. The number of amides is 1. The van der Waals surface area contributed by atoms with E-state index in [2.05, 4.69) is 15.3 Å². The second-order valence-corrected chi connectivity index (χ2v) is 5.85. The van der Waals surface area contributed by atoms with Crippen molar-refractivity contribution in [1.29, 1.82) is 0 Å². The first-order valence-electron chi connectivity index (χ1n) is 8.36. The summed E-state index contributed by atoms with van der Waals surface area (Å²) >= 11 is 0. The van der Waals surface area contributed by atoms with Gasteiger partial charge >= 0.3 is 6.18 Å². The summed E-state index contributed by atoms with van der Waals surface area (Å²) < 4.78 is 42.9. The molecule has 0 aliphatic rings. The summed E-state index contributed by atoms with van der Waals surface area (Å²) in [6, 6.07) is 11.3. The zero-order chi connectivity index (χ0) is 20.9. The SMILES string of the molecule is O=C(NCc1ccc(C(=O)C(F)(F)F)cc1)c1cccnc1Oc1cccnc1. The fraction of sp³-hybridized carbons (Fsp3) is 0.100. The highest BCUT2D eigenvalue weighted by Crippen LogP contribution is 2.23. The van der Waals surface area contributed by atoms with Crippen molar-refractivity contribution in [2.24, 2.45) is 0 Å². The lowest BCUT2D eigenvalue weighted by molar-refractivity contribution is -0.0885. The van der Waals surface area contributed by atoms with Crippen molar-refractivity contribution in [3.05, 3.63) is 83.8 Å². The molecule has 0 aliphatic heterocycles. The van der Waals surface area contributed by atoms with Crippen LogP contribution in [0.4, 0.5) is 13.2 Å². The third-order valence-electron chi connectivity index (χ3n) is 3.79. The van der Waals surface area contributed by atoms with Crippen molar-refractivity contribution < 1.29 is 27.5 Å². The van der Waals surface area contributed by atoms with Crippen LogP contribution in [0.3, 0.4) is 0 Å². The van der Waals surface area contributed by atoms with Crippen LogP contribution in [0, 0.1) is 0 Å². The molecule has 0 saturated carbocycles. The number of nitrogens with one attached hydrogen (secondary N) is 1. The van der Waals surface area contributed by atoms with Crippen LogP contribution >= 0.6 is 0 Å². The van der Waals surface area contributed by atoms with Crippen molar-refractivity contribution in [3.8, 4) is 11.6 Å². The molecule has 1 amide bonds. The summed E-state index contributed by atoms with van der Waals surface area (Å²) in [5.41, 5.74) is 0.239. The van der Waals surface area contributed by atoms with E-state index in [1.165, 1.54) is 30.6 Å². The Labute approximate surface area is 163 Å². The van der Waals surface area contributed by atoms with Gasteiger partial charge in [0.15, 0.2) is 0 Å². The molecule has 0 bridgehead atoms. The molecule has 0 saturated heterocycles. The van der Waals surface area contributed by atoms with Crippen LogP contribution in [0.5, 0.6) is 11.6 Å². The maximum absolute atomic E-state index is 12.5. The molecule has 29 heavy (non-hydrogen) atoms. The maximum atomic E-state index is 12.5. The summed E-state index contributed by atoms with van der Waals surface area (Å²) in [6.45, 7) is 0.0422. The molecular weight excluding hydrogens is 387 g/mol. The average molecular weight is 401 g/mol. The topological polar surface area (TPSA) is 81.2 Å². The predicted molar refractivity (Wildman–Crippen MR) is 96.5 cm³/mol. The van der Waals surface area contributed by atoms with Crippen LogP contribution in [-0.4, -0.2) is 27.8 Å². The number of carbonyl (C=O) groups is 2. The van der Waals surface area contributed by atoms with Crippen molar-refractivity contribution in [2.45, 2.75) is 12.7 Å². The minimum Gasteiger partial charge on any atom is -0.437 e. The van der Waals surface area contributed by atoms with E-state index in [4.69, 9.17) is 4.74 Å². The van der Waals surface area contributed by atoms with E-state index in [9.17, 15) is 22.8 Å². The van der Waals surface area contributed by atoms with E-state index in [0.717, 1.165) is 12.1 Å². The fourth-order valence-electron chi connectivity index (χ4n) is 2.38. The first-order chi connectivity index (χ1) is 13.8. The van der Waals surface area contributed by atoms with Gasteiger partial charge in [-0.1, -0.05) is 24.3 Å². The number of aromatic nitrogens is 2. The Bertz CT molecular complexity index is 1010. The minimum absolute atomic E-state index is 0.0422. The van der Waals surface area contributed by atoms with Gasteiger partial charge < -0.3 is 10.1 Å². The number of carbonyl (C=O) groups excluding carboxylic acids is 2. The summed E-state index contributed by atoms with van der Waals surface area (Å²) in [4.78, 5) is 31.6. The van der Waals surface area contributed by atoms with E-state index in [1.54, 1.807) is 24.4 Å². The zero-order valence-corrected chi connectivity index (χ0v) is 14.8. The molecule has 0 aliphatic carbocycles. The normalized spacial score (nSPS) is 11.0. The lowest BCUT2D eigenvalue weighted by Gasteiger charge is -2.10. The van der Waals surface area contributed by atoms with Gasteiger partial charge in [-0.2, -0.15) is 13.2 Å². The van der Waals surface area contributed by atoms with E-state index in [1.807, 2.05) is 0 Å². The van der Waals surface area contributed by atoms with Crippen LogP contribution in [0.15, 0.2) is 67.1 Å². The molecular formula is C20H14F3N3O3. The van der Waals surface area contributed by atoms with E-state index in [-0.39, 0.29) is 18.0 Å². The van der Waals surface area contributed by atoms with Gasteiger partial charge in [-0.25, -0.2) is 4.98 Å². The third-order valence-corrected chi connectivity index (χ3v) is 3.79. The maximum Gasteiger partial charge on any atom is 0.454 e. The lowest BCUT2D eigenvalue weighted by atomic mass is 10.1. The van der Waals surface area contributed by atoms with E-state index < -0.39 is 23.4 Å². The molecule has 0 unspecified atom stereocenters. The molecule has 3 aromatic rings. The van der Waals surface area contributed by atoms with Gasteiger partial charge in [0.2, 0.25) is 5.88 Å². The summed E-state index contributed by atoms with van der Waals surface area (Å²) in [6.07, 6.45) is -0.411. The van der Waals surface area contributed by atoms with Crippen LogP contribution < -0.4 is 10.1 Å². The largest absolute Gasteiger partial charge is 0.454 e. The third kappa shape index (κ3) is 5.16. The molecule has 0 atom stereocenters. The number of halogens is 3. The van der Waals surface area contributed by atoms with Crippen molar-refractivity contribution >= 4 is 11.7 Å². The number of ketones is 1. The Hall–Kier alpha value is -3.75. The van der Waals surface area contributed by atoms with Crippen LogP contribution in [0.2, 0.25) is 0 Å². The molecule has 3 rings (SSSR count). The molecule has 2 aromatic heterocycles. The summed E-state index contributed by atoms with van der Waals surface area (Å²) in [7, 11) is 0. The Morgan fingerprint density at radius 1 is 1.00 bits per heavy atom. The molecule has 0 spiro atoms. The van der Waals surface area contributed by atoms with Crippen molar-refractivity contribution in [2.75, 3.05) is 0 Å². The van der Waals surface area contributed by atoms with Crippen LogP contribution in [-0.2, 0) is 6.54 Å². The van der Waals surface area contributed by atoms with Crippen molar-refractivity contribution in [1.82, 2.24) is 15.3 Å². The van der Waals surface area contributed by atoms with Gasteiger partial charge in [-0.3, -0.25) is 14.6 Å². The number of nitrogens with zero attached hydrogens (tertiary/aromatic N) is 2. The number of Topliss-reactive ketones (excluding diaryl/α,β-unsaturated/α-hetero) is 1. The quantitative estimate of drug-likeness (QED) is 0.633. The number of pyridine rings is 2. The summed E-state index contributed by atoms with van der Waals surface area (Å²) in [5, 5.41) is 2.64. The molecule has 2 heterocycles. The summed E-state index contributed by atoms with van der Waals surface area (Å²) in [5.74, 6) is -1.90. The van der Waals surface area contributed by atoms with Crippen molar-refractivity contribution in [3.63, 3.8) is 0 Å². The second kappa shape index (κ2) is 8.51. The number of hydrogen-bond donors (Lipinski definition) is 1. The van der Waals surface area contributed by atoms with E-state index in [0.29, 0.717) is 11.3 Å². The molecule has 9 heteroatoms.